The average Bonchev–Trinajstić information content (AvgIpc) is 1.99. The lowest BCUT2D eigenvalue weighted by molar-refractivity contribution is 0.0429. The molecule has 1 fully saturated rings. The van der Waals surface area contributed by atoms with Crippen LogP contribution in [0.2, 0.25) is 0 Å². The van der Waals surface area contributed by atoms with E-state index in [4.69, 9.17) is 4.74 Å². The molecule has 0 aromatic heterocycles. The van der Waals surface area contributed by atoms with Crippen LogP contribution in [0, 0.1) is 0 Å². The highest BCUT2D eigenvalue weighted by atomic mass is 32.1. The molecule has 0 radical (unpaired) electrons. The van der Waals surface area contributed by atoms with Crippen molar-refractivity contribution >= 4 is 12.6 Å². The van der Waals surface area contributed by atoms with E-state index in [0.29, 0.717) is 0 Å². The first-order valence-electron chi connectivity index (χ1n) is 4.77. The number of allylic oxidation sites excluding steroid dienone is 1. The lowest BCUT2D eigenvalue weighted by Gasteiger charge is -2.27. The number of rotatable bonds is 1. The van der Waals surface area contributed by atoms with Gasteiger partial charge in [0.1, 0.15) is 4.93 Å². The van der Waals surface area contributed by atoms with Crippen molar-refractivity contribution in [2.75, 3.05) is 6.61 Å². The Bertz CT molecular complexity index is 146. The number of hydrogen-bond acceptors (Lipinski definition) is 2. The number of hydrogen-bond donors (Lipinski definition) is 1. The molecule has 0 spiro atoms. The molecule has 1 atom stereocenters. The molecular weight excluding hydrogens is 168 g/mol. The minimum atomic E-state index is -0.283. The summed E-state index contributed by atoms with van der Waals surface area (Å²) in [5, 5.41) is 0. The van der Waals surface area contributed by atoms with E-state index in [2.05, 4.69) is 18.7 Å². The van der Waals surface area contributed by atoms with E-state index >= 15 is 0 Å². The Kier molecular flexibility index (Phi) is 4.16. The molecule has 0 aromatic rings. The molecule has 0 saturated carbocycles. The van der Waals surface area contributed by atoms with Gasteiger partial charge < -0.3 is 4.74 Å². The first kappa shape index (κ1) is 10.1. The van der Waals surface area contributed by atoms with E-state index in [1.165, 1.54) is 25.7 Å². The minimum absolute atomic E-state index is 0.283. The van der Waals surface area contributed by atoms with Crippen LogP contribution in [0.15, 0.2) is 12.2 Å². The van der Waals surface area contributed by atoms with Gasteiger partial charge in [-0.15, -0.1) is 12.6 Å². The largest absolute Gasteiger partial charge is 0.361 e. The van der Waals surface area contributed by atoms with Gasteiger partial charge in [0.05, 0.1) is 0 Å². The molecule has 0 bridgehead atoms. The van der Waals surface area contributed by atoms with Crippen LogP contribution in [0.4, 0.5) is 0 Å². The second-order valence-corrected chi connectivity index (χ2v) is 4.11. The smallest absolute Gasteiger partial charge is 0.129 e. The van der Waals surface area contributed by atoms with Crippen molar-refractivity contribution in [3.63, 3.8) is 0 Å². The molecular formula is C10H18OS. The molecule has 0 aromatic carbocycles. The van der Waals surface area contributed by atoms with Gasteiger partial charge in [0, 0.05) is 6.61 Å². The third-order valence-corrected chi connectivity index (χ3v) is 2.71. The Morgan fingerprint density at radius 1 is 1.25 bits per heavy atom. The Balaban J connectivity index is 2.47. The summed E-state index contributed by atoms with van der Waals surface area (Å²) in [6.07, 6.45) is 10.2. The van der Waals surface area contributed by atoms with Gasteiger partial charge in [-0.2, -0.15) is 0 Å². The van der Waals surface area contributed by atoms with Crippen LogP contribution < -0.4 is 0 Å². The highest BCUT2D eigenvalue weighted by Gasteiger charge is 2.22. The van der Waals surface area contributed by atoms with Crippen LogP contribution in [-0.2, 0) is 4.74 Å². The molecule has 0 aliphatic carbocycles. The van der Waals surface area contributed by atoms with Gasteiger partial charge in [-0.05, 0) is 32.3 Å². The Morgan fingerprint density at radius 3 is 2.75 bits per heavy atom. The fourth-order valence-corrected chi connectivity index (χ4v) is 1.95. The summed E-state index contributed by atoms with van der Waals surface area (Å²) < 4.78 is 5.69. The summed E-state index contributed by atoms with van der Waals surface area (Å²) >= 11 is 4.54. The molecule has 0 N–H and O–H groups in total. The molecule has 1 unspecified atom stereocenters. The van der Waals surface area contributed by atoms with E-state index in [1.54, 1.807) is 0 Å². The quantitative estimate of drug-likeness (QED) is 0.489. The molecule has 1 nitrogen and oxygen atoms in total. The summed E-state index contributed by atoms with van der Waals surface area (Å²) in [6.45, 7) is 2.87. The highest BCUT2D eigenvalue weighted by Crippen LogP contribution is 2.28. The second kappa shape index (κ2) is 4.93. The molecule has 1 saturated heterocycles. The second-order valence-electron chi connectivity index (χ2n) is 3.36. The minimum Gasteiger partial charge on any atom is -0.361 e. The molecule has 0 amide bonds. The van der Waals surface area contributed by atoms with Gasteiger partial charge in [-0.1, -0.05) is 18.9 Å². The Morgan fingerprint density at radius 2 is 2.00 bits per heavy atom. The fourth-order valence-electron chi connectivity index (χ4n) is 1.55. The van der Waals surface area contributed by atoms with Gasteiger partial charge in [0.15, 0.2) is 0 Å². The zero-order chi connectivity index (χ0) is 8.86. The third kappa shape index (κ3) is 3.20. The third-order valence-electron chi connectivity index (χ3n) is 2.21. The maximum absolute atomic E-state index is 5.69. The van der Waals surface area contributed by atoms with Crippen molar-refractivity contribution in [2.24, 2.45) is 0 Å². The van der Waals surface area contributed by atoms with Gasteiger partial charge in [-0.3, -0.25) is 0 Å². The van der Waals surface area contributed by atoms with Crippen LogP contribution in [0.1, 0.15) is 39.0 Å². The van der Waals surface area contributed by atoms with Crippen molar-refractivity contribution in [1.29, 1.82) is 0 Å². The summed E-state index contributed by atoms with van der Waals surface area (Å²) in [5.41, 5.74) is 0. The Labute approximate surface area is 80.6 Å². The molecule has 12 heavy (non-hydrogen) atoms. The lowest BCUT2D eigenvalue weighted by Crippen LogP contribution is -2.25. The molecule has 1 rings (SSSR count). The first-order chi connectivity index (χ1) is 5.77. The standard InChI is InChI=1S/C10H18OS/c1-2-7-10(12)8-5-3-4-6-9-11-10/h2,7,12H,3-6,8-9H2,1H3/b7-2-. The summed E-state index contributed by atoms with van der Waals surface area (Å²) in [7, 11) is 0. The van der Waals surface area contributed by atoms with Gasteiger partial charge in [0.2, 0.25) is 0 Å². The highest BCUT2D eigenvalue weighted by molar-refractivity contribution is 7.81. The monoisotopic (exact) mass is 186 g/mol. The van der Waals surface area contributed by atoms with Gasteiger partial charge >= 0.3 is 0 Å². The lowest BCUT2D eigenvalue weighted by atomic mass is 10.1. The van der Waals surface area contributed by atoms with Crippen molar-refractivity contribution in [1.82, 2.24) is 0 Å². The van der Waals surface area contributed by atoms with Crippen LogP contribution in [0.3, 0.4) is 0 Å². The molecule has 1 aliphatic heterocycles. The zero-order valence-corrected chi connectivity index (χ0v) is 8.65. The van der Waals surface area contributed by atoms with Crippen molar-refractivity contribution in [3.8, 4) is 0 Å². The molecule has 1 aliphatic rings. The summed E-state index contributed by atoms with van der Waals surface area (Å²) in [6, 6.07) is 0. The van der Waals surface area contributed by atoms with Crippen LogP contribution in [0.25, 0.3) is 0 Å². The SMILES string of the molecule is C/C=C\C1(S)CCCCCCO1. The fraction of sp³-hybridized carbons (Fsp3) is 0.800. The van der Waals surface area contributed by atoms with Gasteiger partial charge in [0.25, 0.3) is 0 Å². The van der Waals surface area contributed by atoms with Crippen LogP contribution >= 0.6 is 12.6 Å². The number of thiol groups is 1. The maximum atomic E-state index is 5.69. The van der Waals surface area contributed by atoms with E-state index in [9.17, 15) is 0 Å². The predicted molar refractivity (Wildman–Crippen MR) is 55.6 cm³/mol. The van der Waals surface area contributed by atoms with Crippen LogP contribution in [-0.4, -0.2) is 11.5 Å². The van der Waals surface area contributed by atoms with Crippen molar-refractivity contribution in [2.45, 2.75) is 44.0 Å². The van der Waals surface area contributed by atoms with E-state index < -0.39 is 0 Å². The van der Waals surface area contributed by atoms with Crippen molar-refractivity contribution < 1.29 is 4.74 Å². The molecule has 1 heterocycles. The summed E-state index contributed by atoms with van der Waals surface area (Å²) in [5.74, 6) is 0. The van der Waals surface area contributed by atoms with Crippen molar-refractivity contribution in [3.05, 3.63) is 12.2 Å². The Hall–Kier alpha value is 0.0500. The van der Waals surface area contributed by atoms with Gasteiger partial charge in [-0.25, -0.2) is 0 Å². The van der Waals surface area contributed by atoms with Crippen LogP contribution in [0.5, 0.6) is 0 Å². The zero-order valence-electron chi connectivity index (χ0n) is 7.75. The predicted octanol–water partition coefficient (Wildman–Crippen LogP) is 3.17. The van der Waals surface area contributed by atoms with E-state index in [-0.39, 0.29) is 4.93 Å². The molecule has 2 heteroatoms. The molecule has 70 valence electrons. The maximum Gasteiger partial charge on any atom is 0.129 e. The first-order valence-corrected chi connectivity index (χ1v) is 5.22. The topological polar surface area (TPSA) is 9.23 Å². The normalized spacial score (nSPS) is 33.2. The van der Waals surface area contributed by atoms with E-state index in [1.807, 2.05) is 13.0 Å². The summed E-state index contributed by atoms with van der Waals surface area (Å²) in [4.78, 5) is -0.283. The number of ether oxygens (including phenoxy) is 1. The average molecular weight is 186 g/mol. The van der Waals surface area contributed by atoms with E-state index in [0.717, 1.165) is 13.0 Å².